The molecule has 0 fully saturated rings. The lowest BCUT2D eigenvalue weighted by molar-refractivity contribution is 0.0977. The SMILES string of the molecule is C#CCCCC(=O)c1ccc(Cl)cc1OC. The molecular formula is C13H13ClO2. The summed E-state index contributed by atoms with van der Waals surface area (Å²) in [5.74, 6) is 3.05. The number of carbonyl (C=O) groups excluding carboxylic acids is 1. The van der Waals surface area contributed by atoms with Gasteiger partial charge in [0.2, 0.25) is 0 Å². The summed E-state index contributed by atoms with van der Waals surface area (Å²) in [6, 6.07) is 4.99. The number of ether oxygens (including phenoxy) is 1. The van der Waals surface area contributed by atoms with Crippen LogP contribution in [0.4, 0.5) is 0 Å². The molecule has 1 aromatic carbocycles. The molecule has 0 heterocycles. The van der Waals surface area contributed by atoms with E-state index in [4.69, 9.17) is 22.8 Å². The third-order valence-electron chi connectivity index (χ3n) is 2.19. The lowest BCUT2D eigenvalue weighted by Crippen LogP contribution is -2.01. The Kier molecular flexibility index (Phi) is 4.88. The van der Waals surface area contributed by atoms with Gasteiger partial charge in [-0.3, -0.25) is 4.79 Å². The summed E-state index contributed by atoms with van der Waals surface area (Å²) in [4.78, 5) is 11.8. The van der Waals surface area contributed by atoms with Crippen LogP contribution < -0.4 is 4.74 Å². The Hall–Kier alpha value is -1.46. The van der Waals surface area contributed by atoms with Crippen LogP contribution in [0.15, 0.2) is 18.2 Å². The molecular weight excluding hydrogens is 224 g/mol. The molecule has 0 atom stereocenters. The zero-order valence-corrected chi connectivity index (χ0v) is 9.88. The lowest BCUT2D eigenvalue weighted by Gasteiger charge is -2.07. The Morgan fingerprint density at radius 1 is 1.56 bits per heavy atom. The Labute approximate surface area is 101 Å². The van der Waals surface area contributed by atoms with Gasteiger partial charge in [-0.1, -0.05) is 11.6 Å². The van der Waals surface area contributed by atoms with Crippen LogP contribution >= 0.6 is 11.6 Å². The van der Waals surface area contributed by atoms with Crippen molar-refractivity contribution in [3.8, 4) is 18.1 Å². The molecule has 84 valence electrons. The van der Waals surface area contributed by atoms with Gasteiger partial charge in [-0.15, -0.1) is 12.3 Å². The van der Waals surface area contributed by atoms with Gasteiger partial charge in [0.15, 0.2) is 5.78 Å². The molecule has 16 heavy (non-hydrogen) atoms. The normalized spacial score (nSPS) is 9.56. The lowest BCUT2D eigenvalue weighted by atomic mass is 10.0. The summed E-state index contributed by atoms with van der Waals surface area (Å²) >= 11 is 5.81. The first kappa shape index (κ1) is 12.6. The van der Waals surface area contributed by atoms with Crippen LogP contribution in [0.1, 0.15) is 29.6 Å². The van der Waals surface area contributed by atoms with Crippen LogP contribution in [-0.4, -0.2) is 12.9 Å². The van der Waals surface area contributed by atoms with E-state index in [2.05, 4.69) is 5.92 Å². The van der Waals surface area contributed by atoms with Gasteiger partial charge < -0.3 is 4.74 Å². The fraction of sp³-hybridized carbons (Fsp3) is 0.308. The second kappa shape index (κ2) is 6.19. The van der Waals surface area contributed by atoms with Crippen molar-refractivity contribution in [1.82, 2.24) is 0 Å². The van der Waals surface area contributed by atoms with Gasteiger partial charge in [0.25, 0.3) is 0 Å². The summed E-state index contributed by atoms with van der Waals surface area (Å²) in [6.45, 7) is 0. The van der Waals surface area contributed by atoms with Crippen LogP contribution in [0.25, 0.3) is 0 Å². The van der Waals surface area contributed by atoms with E-state index in [1.165, 1.54) is 7.11 Å². The summed E-state index contributed by atoms with van der Waals surface area (Å²) in [5, 5.41) is 0.553. The average Bonchev–Trinajstić information content (AvgIpc) is 2.29. The highest BCUT2D eigenvalue weighted by molar-refractivity contribution is 6.30. The van der Waals surface area contributed by atoms with Gasteiger partial charge in [-0.2, -0.15) is 0 Å². The van der Waals surface area contributed by atoms with Crippen LogP contribution in [0.2, 0.25) is 5.02 Å². The van der Waals surface area contributed by atoms with E-state index in [9.17, 15) is 4.79 Å². The Bertz CT molecular complexity index is 418. The predicted octanol–water partition coefficient (Wildman–Crippen LogP) is 3.33. The average molecular weight is 237 g/mol. The standard InChI is InChI=1S/C13H13ClO2/c1-3-4-5-6-12(15)11-8-7-10(14)9-13(11)16-2/h1,7-9H,4-6H2,2H3. The van der Waals surface area contributed by atoms with Crippen LogP contribution in [-0.2, 0) is 0 Å². The summed E-state index contributed by atoms with van der Waals surface area (Å²) in [7, 11) is 1.52. The third-order valence-corrected chi connectivity index (χ3v) is 2.42. The number of unbranched alkanes of at least 4 members (excludes halogenated alkanes) is 1. The van der Waals surface area contributed by atoms with Crippen molar-refractivity contribution in [3.63, 3.8) is 0 Å². The molecule has 0 N–H and O–H groups in total. The Morgan fingerprint density at radius 3 is 2.94 bits per heavy atom. The van der Waals surface area contributed by atoms with Gasteiger partial charge in [0.05, 0.1) is 12.7 Å². The molecule has 0 saturated carbocycles. The molecule has 0 aliphatic rings. The molecule has 1 rings (SSSR count). The molecule has 0 radical (unpaired) electrons. The second-order valence-corrected chi connectivity index (χ2v) is 3.76. The number of ketones is 1. The molecule has 0 bridgehead atoms. The quantitative estimate of drug-likeness (QED) is 0.445. The number of halogens is 1. The second-order valence-electron chi connectivity index (χ2n) is 3.33. The maximum Gasteiger partial charge on any atom is 0.166 e. The van der Waals surface area contributed by atoms with E-state index in [-0.39, 0.29) is 5.78 Å². The van der Waals surface area contributed by atoms with Crippen LogP contribution in [0, 0.1) is 12.3 Å². The molecule has 0 spiro atoms. The molecule has 0 amide bonds. The van der Waals surface area contributed by atoms with E-state index in [1.54, 1.807) is 18.2 Å². The van der Waals surface area contributed by atoms with E-state index < -0.39 is 0 Å². The number of methoxy groups -OCH3 is 1. The maximum absolute atomic E-state index is 11.8. The van der Waals surface area contributed by atoms with Crippen molar-refractivity contribution in [2.45, 2.75) is 19.3 Å². The fourth-order valence-corrected chi connectivity index (χ4v) is 1.54. The maximum atomic E-state index is 11.8. The van der Waals surface area contributed by atoms with Crippen molar-refractivity contribution in [2.75, 3.05) is 7.11 Å². The van der Waals surface area contributed by atoms with Gasteiger partial charge in [-0.05, 0) is 24.6 Å². The third kappa shape index (κ3) is 3.29. The monoisotopic (exact) mass is 236 g/mol. The van der Waals surface area contributed by atoms with E-state index in [1.807, 2.05) is 0 Å². The summed E-state index contributed by atoms with van der Waals surface area (Å²) in [5.41, 5.74) is 0.559. The number of terminal acetylenes is 1. The van der Waals surface area contributed by atoms with Gasteiger partial charge in [0.1, 0.15) is 5.75 Å². The van der Waals surface area contributed by atoms with Crippen LogP contribution in [0.5, 0.6) is 5.75 Å². The highest BCUT2D eigenvalue weighted by atomic mass is 35.5. The topological polar surface area (TPSA) is 26.3 Å². The fourth-order valence-electron chi connectivity index (χ4n) is 1.38. The molecule has 0 aliphatic carbocycles. The summed E-state index contributed by atoms with van der Waals surface area (Å²) in [6.07, 6.45) is 6.87. The van der Waals surface area contributed by atoms with E-state index in [0.717, 1.165) is 0 Å². The Morgan fingerprint density at radius 2 is 2.31 bits per heavy atom. The van der Waals surface area contributed by atoms with Gasteiger partial charge in [-0.25, -0.2) is 0 Å². The number of carbonyl (C=O) groups is 1. The Balaban J connectivity index is 2.79. The zero-order chi connectivity index (χ0) is 12.0. The minimum atomic E-state index is 0.0313. The van der Waals surface area contributed by atoms with E-state index >= 15 is 0 Å². The largest absolute Gasteiger partial charge is 0.496 e. The van der Waals surface area contributed by atoms with Crippen molar-refractivity contribution >= 4 is 17.4 Å². The van der Waals surface area contributed by atoms with Crippen molar-refractivity contribution in [2.24, 2.45) is 0 Å². The van der Waals surface area contributed by atoms with Crippen molar-refractivity contribution in [1.29, 1.82) is 0 Å². The summed E-state index contributed by atoms with van der Waals surface area (Å²) < 4.78 is 5.11. The van der Waals surface area contributed by atoms with Crippen LogP contribution in [0.3, 0.4) is 0 Å². The molecule has 3 heteroatoms. The number of hydrogen-bond acceptors (Lipinski definition) is 2. The molecule has 0 aromatic heterocycles. The molecule has 2 nitrogen and oxygen atoms in total. The first-order valence-electron chi connectivity index (χ1n) is 4.99. The number of benzene rings is 1. The number of rotatable bonds is 5. The minimum Gasteiger partial charge on any atom is -0.496 e. The number of Topliss-reactive ketones (excluding diaryl/α,β-unsaturated/α-hetero) is 1. The zero-order valence-electron chi connectivity index (χ0n) is 9.13. The molecule has 0 aliphatic heterocycles. The smallest absolute Gasteiger partial charge is 0.166 e. The minimum absolute atomic E-state index is 0.0313. The first-order chi connectivity index (χ1) is 7.69. The number of hydrogen-bond donors (Lipinski definition) is 0. The van der Waals surface area contributed by atoms with Crippen molar-refractivity contribution < 1.29 is 9.53 Å². The first-order valence-corrected chi connectivity index (χ1v) is 5.37. The molecule has 0 saturated heterocycles. The van der Waals surface area contributed by atoms with Crippen molar-refractivity contribution in [3.05, 3.63) is 28.8 Å². The molecule has 0 unspecified atom stereocenters. The highest BCUT2D eigenvalue weighted by Gasteiger charge is 2.11. The van der Waals surface area contributed by atoms with Gasteiger partial charge >= 0.3 is 0 Å². The highest BCUT2D eigenvalue weighted by Crippen LogP contribution is 2.24. The predicted molar refractivity (Wildman–Crippen MR) is 65.0 cm³/mol. The van der Waals surface area contributed by atoms with Gasteiger partial charge in [0, 0.05) is 17.9 Å². The molecule has 1 aromatic rings. The van der Waals surface area contributed by atoms with E-state index in [0.29, 0.717) is 35.6 Å².